The van der Waals surface area contributed by atoms with Crippen LogP contribution in [0.25, 0.3) is 0 Å². The van der Waals surface area contributed by atoms with Crippen LogP contribution in [0.4, 0.5) is 0 Å². The second-order valence-corrected chi connectivity index (χ2v) is 4.50. The number of hydrogen-bond acceptors (Lipinski definition) is 2. The van der Waals surface area contributed by atoms with Gasteiger partial charge in [0.15, 0.2) is 0 Å². The van der Waals surface area contributed by atoms with Gasteiger partial charge in [0.05, 0.1) is 7.11 Å². The predicted octanol–water partition coefficient (Wildman–Crippen LogP) is 3.12. The van der Waals surface area contributed by atoms with E-state index in [4.69, 9.17) is 0 Å². The summed E-state index contributed by atoms with van der Waals surface area (Å²) in [5, 5.41) is 0. The number of ether oxygens (including phenoxy) is 1. The molecule has 0 saturated carbocycles. The maximum Gasteiger partial charge on any atom is 0.305 e. The normalized spacial score (nSPS) is 12.1. The predicted molar refractivity (Wildman–Crippen MR) is 64.5 cm³/mol. The van der Waals surface area contributed by atoms with E-state index in [9.17, 15) is 4.79 Å². The molecule has 1 atom stereocenters. The molecule has 0 aliphatic carbocycles. The average molecular weight is 304 g/mol. The van der Waals surface area contributed by atoms with E-state index < -0.39 is 0 Å². The second kappa shape index (κ2) is 6.01. The van der Waals surface area contributed by atoms with Gasteiger partial charge in [-0.1, -0.05) is 52.9 Å². The minimum Gasteiger partial charge on any atom is -0.469 e. The molecule has 0 amide bonds. The molecule has 0 fully saturated rings. The Bertz CT molecular complexity index is 285. The summed E-state index contributed by atoms with van der Waals surface area (Å²) in [6, 6.07) is 10.2. The number of halogens is 1. The Morgan fingerprint density at radius 2 is 2.07 bits per heavy atom. The Morgan fingerprint density at radius 1 is 1.43 bits per heavy atom. The van der Waals surface area contributed by atoms with Gasteiger partial charge in [0, 0.05) is 10.3 Å². The van der Waals surface area contributed by atoms with E-state index in [2.05, 4.69) is 39.5 Å². The highest BCUT2D eigenvalue weighted by Gasteiger charge is 2.09. The van der Waals surface area contributed by atoms with Gasteiger partial charge in [-0.15, -0.1) is 0 Å². The van der Waals surface area contributed by atoms with Crippen molar-refractivity contribution in [2.75, 3.05) is 7.11 Å². The zero-order chi connectivity index (χ0) is 10.4. The van der Waals surface area contributed by atoms with Crippen molar-refractivity contribution >= 4 is 28.6 Å². The summed E-state index contributed by atoms with van der Waals surface area (Å²) in [6.45, 7) is 0. The Labute approximate surface area is 97.8 Å². The summed E-state index contributed by atoms with van der Waals surface area (Å²) in [5.74, 6) is -0.136. The molecule has 0 aliphatic heterocycles. The minimum absolute atomic E-state index is 0.136. The summed E-state index contributed by atoms with van der Waals surface area (Å²) < 4.78 is 4.98. The maximum atomic E-state index is 10.9. The Kier molecular flexibility index (Phi) is 4.93. The molecule has 2 nitrogen and oxygen atoms in total. The highest BCUT2D eigenvalue weighted by Crippen LogP contribution is 2.27. The van der Waals surface area contributed by atoms with Crippen molar-refractivity contribution in [3.63, 3.8) is 0 Å². The van der Waals surface area contributed by atoms with Gasteiger partial charge >= 0.3 is 5.97 Å². The molecular weight excluding hydrogens is 291 g/mol. The topological polar surface area (TPSA) is 26.3 Å². The molecule has 1 rings (SSSR count). The third-order valence-electron chi connectivity index (χ3n) is 1.99. The molecule has 1 aromatic carbocycles. The van der Waals surface area contributed by atoms with E-state index in [0.29, 0.717) is 10.3 Å². The summed E-state index contributed by atoms with van der Waals surface area (Å²) in [4.78, 5) is 10.9. The van der Waals surface area contributed by atoms with Crippen LogP contribution in [-0.2, 0) is 9.53 Å². The standard InChI is InChI=1S/C11H13IO2/c1-14-11(13)8-7-10(12)9-5-3-2-4-6-9/h2-6,10H,7-8H2,1H3. The molecule has 1 aromatic rings. The van der Waals surface area contributed by atoms with Gasteiger partial charge in [0.25, 0.3) is 0 Å². The first-order valence-electron chi connectivity index (χ1n) is 4.50. The monoisotopic (exact) mass is 304 g/mol. The lowest BCUT2D eigenvalue weighted by Crippen LogP contribution is -2.01. The lowest BCUT2D eigenvalue weighted by atomic mass is 10.1. The summed E-state index contributed by atoms with van der Waals surface area (Å²) in [6.07, 6.45) is 1.32. The number of carbonyl (C=O) groups excluding carboxylic acids is 1. The van der Waals surface area contributed by atoms with Crippen LogP contribution < -0.4 is 0 Å². The second-order valence-electron chi connectivity index (χ2n) is 2.99. The van der Waals surface area contributed by atoms with E-state index in [1.165, 1.54) is 12.7 Å². The number of hydrogen-bond donors (Lipinski definition) is 0. The molecule has 3 heteroatoms. The van der Waals surface area contributed by atoms with Crippen LogP contribution in [0.1, 0.15) is 22.3 Å². The van der Waals surface area contributed by atoms with E-state index in [0.717, 1.165) is 6.42 Å². The van der Waals surface area contributed by atoms with Crippen molar-refractivity contribution in [2.24, 2.45) is 0 Å². The number of benzene rings is 1. The van der Waals surface area contributed by atoms with Crippen LogP contribution in [0.3, 0.4) is 0 Å². The van der Waals surface area contributed by atoms with Crippen molar-refractivity contribution < 1.29 is 9.53 Å². The van der Waals surface area contributed by atoms with Gasteiger partial charge in [0.2, 0.25) is 0 Å². The zero-order valence-electron chi connectivity index (χ0n) is 8.07. The van der Waals surface area contributed by atoms with Crippen LogP contribution in [-0.4, -0.2) is 13.1 Å². The fourth-order valence-corrected chi connectivity index (χ4v) is 1.90. The summed E-state index contributed by atoms with van der Waals surface area (Å²) in [7, 11) is 1.42. The fourth-order valence-electron chi connectivity index (χ4n) is 1.18. The lowest BCUT2D eigenvalue weighted by molar-refractivity contribution is -0.140. The Hall–Kier alpha value is -0.580. The molecular formula is C11H13IO2. The quantitative estimate of drug-likeness (QED) is 0.485. The van der Waals surface area contributed by atoms with Crippen molar-refractivity contribution in [3.8, 4) is 0 Å². The van der Waals surface area contributed by atoms with Gasteiger partial charge in [-0.05, 0) is 12.0 Å². The fraction of sp³-hybridized carbons (Fsp3) is 0.364. The third kappa shape index (κ3) is 3.65. The van der Waals surface area contributed by atoms with E-state index in [1.54, 1.807) is 0 Å². The van der Waals surface area contributed by atoms with Crippen molar-refractivity contribution in [2.45, 2.75) is 16.8 Å². The van der Waals surface area contributed by atoms with Crippen molar-refractivity contribution in [3.05, 3.63) is 35.9 Å². The highest BCUT2D eigenvalue weighted by molar-refractivity contribution is 14.1. The first-order valence-corrected chi connectivity index (χ1v) is 5.74. The van der Waals surface area contributed by atoms with E-state index in [1.807, 2.05) is 18.2 Å². The van der Waals surface area contributed by atoms with Crippen LogP contribution in [0.15, 0.2) is 30.3 Å². The summed E-state index contributed by atoms with van der Waals surface area (Å²) >= 11 is 2.35. The number of carbonyl (C=O) groups is 1. The minimum atomic E-state index is -0.136. The van der Waals surface area contributed by atoms with Crippen LogP contribution in [0.5, 0.6) is 0 Å². The highest BCUT2D eigenvalue weighted by atomic mass is 127. The maximum absolute atomic E-state index is 10.9. The number of esters is 1. The van der Waals surface area contributed by atoms with Crippen LogP contribution in [0, 0.1) is 0 Å². The van der Waals surface area contributed by atoms with E-state index >= 15 is 0 Å². The first kappa shape index (κ1) is 11.5. The number of methoxy groups -OCH3 is 1. The SMILES string of the molecule is COC(=O)CCC(I)c1ccccc1. The average Bonchev–Trinajstić information content (AvgIpc) is 2.26. The molecule has 14 heavy (non-hydrogen) atoms. The molecule has 1 unspecified atom stereocenters. The van der Waals surface area contributed by atoms with Gasteiger partial charge in [0.1, 0.15) is 0 Å². The molecule has 76 valence electrons. The molecule has 0 aromatic heterocycles. The zero-order valence-corrected chi connectivity index (χ0v) is 10.2. The molecule has 0 saturated heterocycles. The number of rotatable bonds is 4. The molecule has 0 bridgehead atoms. The summed E-state index contributed by atoms with van der Waals surface area (Å²) in [5.41, 5.74) is 1.26. The van der Waals surface area contributed by atoms with Crippen molar-refractivity contribution in [1.82, 2.24) is 0 Å². The first-order chi connectivity index (χ1) is 6.74. The van der Waals surface area contributed by atoms with Crippen LogP contribution >= 0.6 is 22.6 Å². The molecule has 0 N–H and O–H groups in total. The lowest BCUT2D eigenvalue weighted by Gasteiger charge is -2.08. The molecule has 0 aliphatic rings. The number of alkyl halides is 1. The Morgan fingerprint density at radius 3 is 2.64 bits per heavy atom. The third-order valence-corrected chi connectivity index (χ3v) is 3.33. The van der Waals surface area contributed by atoms with Gasteiger partial charge in [-0.25, -0.2) is 0 Å². The van der Waals surface area contributed by atoms with Crippen molar-refractivity contribution in [1.29, 1.82) is 0 Å². The van der Waals surface area contributed by atoms with Gasteiger partial charge in [-0.3, -0.25) is 4.79 Å². The van der Waals surface area contributed by atoms with E-state index in [-0.39, 0.29) is 5.97 Å². The largest absolute Gasteiger partial charge is 0.469 e. The molecule has 0 heterocycles. The molecule has 0 spiro atoms. The Balaban J connectivity index is 2.43. The smallest absolute Gasteiger partial charge is 0.305 e. The van der Waals surface area contributed by atoms with Gasteiger partial charge in [-0.2, -0.15) is 0 Å². The molecule has 0 radical (unpaired) electrons. The van der Waals surface area contributed by atoms with Crippen LogP contribution in [0.2, 0.25) is 0 Å². The van der Waals surface area contributed by atoms with Gasteiger partial charge < -0.3 is 4.74 Å².